The molecule has 5 heteroatoms. The molecule has 0 aliphatic heterocycles. The third-order valence-corrected chi connectivity index (χ3v) is 3.81. The number of nitrogen functional groups attached to an aromatic ring is 1. The molecule has 0 radical (unpaired) electrons. The van der Waals surface area contributed by atoms with Crippen LogP contribution in [-0.4, -0.2) is 4.57 Å². The molecule has 3 aromatic rings. The first-order chi connectivity index (χ1) is 11.6. The van der Waals surface area contributed by atoms with Crippen LogP contribution in [0.3, 0.4) is 0 Å². The van der Waals surface area contributed by atoms with Crippen molar-refractivity contribution in [2.75, 3.05) is 5.73 Å². The molecule has 0 atom stereocenters. The zero-order chi connectivity index (χ0) is 17.1. The Morgan fingerprint density at radius 2 is 1.88 bits per heavy atom. The van der Waals surface area contributed by atoms with Gasteiger partial charge in [0.15, 0.2) is 0 Å². The van der Waals surface area contributed by atoms with Gasteiger partial charge in [0.25, 0.3) is 0 Å². The summed E-state index contributed by atoms with van der Waals surface area (Å²) >= 11 is 0. The van der Waals surface area contributed by atoms with Gasteiger partial charge in [0, 0.05) is 6.07 Å². The molecule has 1 heterocycles. The lowest BCUT2D eigenvalue weighted by atomic mass is 10.1. The van der Waals surface area contributed by atoms with Crippen LogP contribution in [0.4, 0.5) is 10.1 Å². The van der Waals surface area contributed by atoms with E-state index in [-0.39, 0.29) is 5.82 Å². The number of halogens is 1. The van der Waals surface area contributed by atoms with E-state index >= 15 is 0 Å². The van der Waals surface area contributed by atoms with Gasteiger partial charge in [-0.2, -0.15) is 5.26 Å². The molecule has 0 aliphatic carbocycles. The van der Waals surface area contributed by atoms with E-state index < -0.39 is 0 Å². The number of benzene rings is 2. The first kappa shape index (κ1) is 15.6. The number of hydrogen-bond acceptors (Lipinski definition) is 3. The number of nitrogens with zero attached hydrogens (tertiary/aromatic N) is 2. The number of hydrogen-bond donors (Lipinski definition) is 1. The summed E-state index contributed by atoms with van der Waals surface area (Å²) in [5.41, 5.74) is 8.97. The Labute approximate surface area is 139 Å². The molecule has 0 amide bonds. The van der Waals surface area contributed by atoms with Crippen LogP contribution >= 0.6 is 0 Å². The molecule has 0 bridgehead atoms. The van der Waals surface area contributed by atoms with Gasteiger partial charge >= 0.3 is 0 Å². The van der Waals surface area contributed by atoms with Gasteiger partial charge in [-0.05, 0) is 42.3 Å². The van der Waals surface area contributed by atoms with Crippen molar-refractivity contribution in [3.05, 3.63) is 77.2 Å². The number of anilines is 1. The number of aryl methyl sites for hydroxylation is 1. The zero-order valence-corrected chi connectivity index (χ0v) is 13.2. The van der Waals surface area contributed by atoms with Crippen molar-refractivity contribution in [1.29, 1.82) is 5.26 Å². The minimum atomic E-state index is -0.344. The third-order valence-electron chi connectivity index (χ3n) is 3.81. The summed E-state index contributed by atoms with van der Waals surface area (Å²) in [5.74, 6) is 0.487. The highest BCUT2D eigenvalue weighted by Crippen LogP contribution is 2.32. The predicted molar refractivity (Wildman–Crippen MR) is 90.3 cm³/mol. The summed E-state index contributed by atoms with van der Waals surface area (Å²) in [7, 11) is 0. The lowest BCUT2D eigenvalue weighted by molar-refractivity contribution is 0.436. The lowest BCUT2D eigenvalue weighted by Gasteiger charge is -2.13. The van der Waals surface area contributed by atoms with Gasteiger partial charge in [-0.15, -0.1) is 0 Å². The predicted octanol–water partition coefficient (Wildman–Crippen LogP) is 4.23. The average molecular weight is 321 g/mol. The summed E-state index contributed by atoms with van der Waals surface area (Å²) in [6.45, 7) is 2.47. The maximum atomic E-state index is 13.0. The standard InChI is InChI=1S/C19H16FN3O/c1-13-4-2-3-5-14(13)12-23-16(11-21)10-18(22)19(23)24-17-8-6-15(20)7-9-17/h2-10H,12,22H2,1H3. The molecular weight excluding hydrogens is 305 g/mol. The van der Waals surface area contributed by atoms with Gasteiger partial charge < -0.3 is 10.5 Å². The third kappa shape index (κ3) is 3.08. The zero-order valence-electron chi connectivity index (χ0n) is 13.2. The van der Waals surface area contributed by atoms with E-state index in [0.29, 0.717) is 29.6 Å². The molecule has 0 aliphatic rings. The van der Waals surface area contributed by atoms with Gasteiger partial charge in [-0.3, -0.25) is 4.57 Å². The highest BCUT2D eigenvalue weighted by molar-refractivity contribution is 5.56. The smallest absolute Gasteiger partial charge is 0.224 e. The Morgan fingerprint density at radius 3 is 2.54 bits per heavy atom. The van der Waals surface area contributed by atoms with Crippen LogP contribution < -0.4 is 10.5 Å². The fraction of sp³-hybridized carbons (Fsp3) is 0.105. The molecule has 3 rings (SSSR count). The Kier molecular flexibility index (Phi) is 4.21. The second-order valence-electron chi connectivity index (χ2n) is 5.47. The van der Waals surface area contributed by atoms with Crippen LogP contribution in [0.5, 0.6) is 11.6 Å². The first-order valence-electron chi connectivity index (χ1n) is 7.45. The summed E-state index contributed by atoms with van der Waals surface area (Å²) < 4.78 is 20.6. The average Bonchev–Trinajstić information content (AvgIpc) is 2.87. The van der Waals surface area contributed by atoms with E-state index in [1.807, 2.05) is 31.2 Å². The maximum absolute atomic E-state index is 13.0. The summed E-state index contributed by atoms with van der Waals surface area (Å²) in [6.07, 6.45) is 0. The Bertz CT molecular complexity index is 907. The van der Waals surface area contributed by atoms with Gasteiger partial charge in [-0.25, -0.2) is 4.39 Å². The molecule has 1 aromatic heterocycles. The summed E-state index contributed by atoms with van der Waals surface area (Å²) in [4.78, 5) is 0. The highest BCUT2D eigenvalue weighted by Gasteiger charge is 2.16. The van der Waals surface area contributed by atoms with Gasteiger partial charge in [0.2, 0.25) is 5.88 Å². The fourth-order valence-corrected chi connectivity index (χ4v) is 2.49. The van der Waals surface area contributed by atoms with Crippen LogP contribution in [0.15, 0.2) is 54.6 Å². The molecule has 0 spiro atoms. The van der Waals surface area contributed by atoms with Crippen LogP contribution in [0, 0.1) is 24.1 Å². The second-order valence-corrected chi connectivity index (χ2v) is 5.47. The van der Waals surface area contributed by atoms with Gasteiger partial charge in [-0.1, -0.05) is 24.3 Å². The maximum Gasteiger partial charge on any atom is 0.224 e. The van der Waals surface area contributed by atoms with Crippen molar-refractivity contribution in [2.24, 2.45) is 0 Å². The summed E-state index contributed by atoms with van der Waals surface area (Å²) in [5, 5.41) is 9.37. The van der Waals surface area contributed by atoms with E-state index in [1.165, 1.54) is 24.3 Å². The second kappa shape index (κ2) is 6.47. The van der Waals surface area contributed by atoms with E-state index in [4.69, 9.17) is 10.5 Å². The SMILES string of the molecule is Cc1ccccc1Cn1c(C#N)cc(N)c1Oc1ccc(F)cc1. The van der Waals surface area contributed by atoms with Crippen molar-refractivity contribution in [1.82, 2.24) is 4.57 Å². The monoisotopic (exact) mass is 321 g/mol. The molecule has 0 saturated carbocycles. The van der Waals surface area contributed by atoms with E-state index in [2.05, 4.69) is 6.07 Å². The molecule has 0 saturated heterocycles. The topological polar surface area (TPSA) is 64.0 Å². The van der Waals surface area contributed by atoms with Crippen LogP contribution in [-0.2, 0) is 6.54 Å². The Balaban J connectivity index is 2.00. The number of nitriles is 1. The lowest BCUT2D eigenvalue weighted by Crippen LogP contribution is -2.06. The molecule has 0 unspecified atom stereocenters. The van der Waals surface area contributed by atoms with Gasteiger partial charge in [0.05, 0.1) is 12.2 Å². The largest absolute Gasteiger partial charge is 0.439 e. The van der Waals surface area contributed by atoms with Crippen LogP contribution in [0.25, 0.3) is 0 Å². The van der Waals surface area contributed by atoms with Gasteiger partial charge in [0.1, 0.15) is 23.3 Å². The normalized spacial score (nSPS) is 10.4. The minimum absolute atomic E-state index is 0.344. The highest BCUT2D eigenvalue weighted by atomic mass is 19.1. The Hall–Kier alpha value is -3.26. The molecule has 0 fully saturated rings. The Morgan fingerprint density at radius 1 is 1.17 bits per heavy atom. The van der Waals surface area contributed by atoms with E-state index in [0.717, 1.165) is 11.1 Å². The fourth-order valence-electron chi connectivity index (χ4n) is 2.49. The van der Waals surface area contributed by atoms with Crippen molar-refractivity contribution < 1.29 is 9.13 Å². The number of rotatable bonds is 4. The molecule has 4 nitrogen and oxygen atoms in total. The van der Waals surface area contributed by atoms with Crippen LogP contribution in [0.1, 0.15) is 16.8 Å². The molecular formula is C19H16FN3O. The van der Waals surface area contributed by atoms with Crippen molar-refractivity contribution in [3.63, 3.8) is 0 Å². The van der Waals surface area contributed by atoms with Crippen molar-refractivity contribution in [3.8, 4) is 17.7 Å². The quantitative estimate of drug-likeness (QED) is 0.782. The number of nitrogens with two attached hydrogens (primary N) is 1. The molecule has 2 N–H and O–H groups in total. The van der Waals surface area contributed by atoms with Crippen molar-refractivity contribution >= 4 is 5.69 Å². The van der Waals surface area contributed by atoms with Crippen molar-refractivity contribution in [2.45, 2.75) is 13.5 Å². The van der Waals surface area contributed by atoms with E-state index in [9.17, 15) is 9.65 Å². The van der Waals surface area contributed by atoms with Crippen LogP contribution in [0.2, 0.25) is 0 Å². The first-order valence-corrected chi connectivity index (χ1v) is 7.45. The number of aromatic nitrogens is 1. The molecule has 24 heavy (non-hydrogen) atoms. The molecule has 120 valence electrons. The van der Waals surface area contributed by atoms with E-state index in [1.54, 1.807) is 10.6 Å². The molecule has 2 aromatic carbocycles. The summed E-state index contributed by atoms with van der Waals surface area (Å²) in [6, 6.07) is 17.3. The number of ether oxygens (including phenoxy) is 1. The minimum Gasteiger partial charge on any atom is -0.439 e.